The highest BCUT2D eigenvalue weighted by Gasteiger charge is 2.15. The Kier molecular flexibility index (Phi) is 6.70. The number of rotatable bonds is 7. The molecule has 0 aliphatic carbocycles. The van der Waals surface area contributed by atoms with Gasteiger partial charge in [0, 0.05) is 20.2 Å². The Morgan fingerprint density at radius 1 is 1.40 bits per heavy atom. The van der Waals surface area contributed by atoms with Gasteiger partial charge in [0.25, 0.3) is 0 Å². The first-order valence-corrected chi connectivity index (χ1v) is 4.95. The quantitative estimate of drug-likeness (QED) is 0.678. The van der Waals surface area contributed by atoms with Crippen LogP contribution in [0, 0.1) is 5.92 Å². The molecule has 0 aliphatic heterocycles. The normalized spacial score (nSPS) is 10.4. The summed E-state index contributed by atoms with van der Waals surface area (Å²) in [5.74, 6) is -0.735. The fraction of sp³-hybridized carbons (Fsp3) is 0.800. The van der Waals surface area contributed by atoms with E-state index in [2.05, 4.69) is 0 Å². The van der Waals surface area contributed by atoms with Gasteiger partial charge in [-0.2, -0.15) is 0 Å². The number of hydrogen-bond donors (Lipinski definition) is 1. The van der Waals surface area contributed by atoms with E-state index >= 15 is 0 Å². The second-order valence-corrected chi connectivity index (χ2v) is 3.81. The Morgan fingerprint density at radius 2 is 2.00 bits per heavy atom. The van der Waals surface area contributed by atoms with E-state index in [0.717, 1.165) is 0 Å². The predicted octanol–water partition coefficient (Wildman–Crippen LogP) is 0.592. The van der Waals surface area contributed by atoms with Crippen molar-refractivity contribution in [1.29, 1.82) is 0 Å². The summed E-state index contributed by atoms with van der Waals surface area (Å²) in [5, 5.41) is 8.54. The average Bonchev–Trinajstić information content (AvgIpc) is 2.11. The molecular weight excluding hydrogens is 198 g/mol. The van der Waals surface area contributed by atoms with Gasteiger partial charge in [-0.25, -0.2) is 0 Å². The Balaban J connectivity index is 4.16. The molecule has 0 bridgehead atoms. The maximum Gasteiger partial charge on any atom is 0.305 e. The molecule has 15 heavy (non-hydrogen) atoms. The third-order valence-corrected chi connectivity index (χ3v) is 1.80. The van der Waals surface area contributed by atoms with E-state index in [9.17, 15) is 9.59 Å². The lowest BCUT2D eigenvalue weighted by molar-refractivity contribution is -0.139. The van der Waals surface area contributed by atoms with Crippen molar-refractivity contribution in [3.63, 3.8) is 0 Å². The first-order chi connectivity index (χ1) is 6.97. The zero-order valence-electron chi connectivity index (χ0n) is 9.52. The molecule has 0 unspecified atom stereocenters. The molecule has 0 fully saturated rings. The Hall–Kier alpha value is -1.10. The number of methoxy groups -OCH3 is 1. The van der Waals surface area contributed by atoms with E-state index in [1.807, 2.05) is 13.8 Å². The monoisotopic (exact) mass is 217 g/mol. The largest absolute Gasteiger partial charge is 0.481 e. The zero-order valence-corrected chi connectivity index (χ0v) is 9.52. The summed E-state index contributed by atoms with van der Waals surface area (Å²) in [5.41, 5.74) is 0. The van der Waals surface area contributed by atoms with E-state index in [-0.39, 0.29) is 25.5 Å². The van der Waals surface area contributed by atoms with Crippen LogP contribution in [-0.2, 0) is 14.3 Å². The second kappa shape index (κ2) is 7.23. The summed E-state index contributed by atoms with van der Waals surface area (Å²) in [6.07, 6.45) is -0.0256. The minimum atomic E-state index is -0.894. The minimum Gasteiger partial charge on any atom is -0.481 e. The smallest absolute Gasteiger partial charge is 0.305 e. The second-order valence-electron chi connectivity index (χ2n) is 3.81. The molecule has 0 saturated heterocycles. The molecule has 0 radical (unpaired) electrons. The molecule has 0 heterocycles. The molecule has 0 aromatic rings. The van der Waals surface area contributed by atoms with Crippen LogP contribution < -0.4 is 0 Å². The van der Waals surface area contributed by atoms with Gasteiger partial charge in [0.15, 0.2) is 0 Å². The molecule has 0 aromatic carbocycles. The maximum absolute atomic E-state index is 11.5. The number of carbonyl (C=O) groups excluding carboxylic acids is 1. The van der Waals surface area contributed by atoms with Gasteiger partial charge in [-0.3, -0.25) is 9.59 Å². The molecule has 0 rings (SSSR count). The molecule has 1 amide bonds. The van der Waals surface area contributed by atoms with Gasteiger partial charge in [0.1, 0.15) is 6.61 Å². The van der Waals surface area contributed by atoms with E-state index < -0.39 is 5.97 Å². The van der Waals surface area contributed by atoms with Crippen LogP contribution in [0.5, 0.6) is 0 Å². The summed E-state index contributed by atoms with van der Waals surface area (Å²) in [7, 11) is 1.45. The van der Waals surface area contributed by atoms with Crippen molar-refractivity contribution in [3.8, 4) is 0 Å². The summed E-state index contributed by atoms with van der Waals surface area (Å²) in [6, 6.07) is 0. The van der Waals surface area contributed by atoms with Crippen LogP contribution in [0.3, 0.4) is 0 Å². The van der Waals surface area contributed by atoms with Crippen molar-refractivity contribution in [2.75, 3.05) is 26.8 Å². The van der Waals surface area contributed by atoms with Crippen molar-refractivity contribution in [2.45, 2.75) is 20.3 Å². The van der Waals surface area contributed by atoms with E-state index in [0.29, 0.717) is 12.5 Å². The van der Waals surface area contributed by atoms with Crippen molar-refractivity contribution in [1.82, 2.24) is 4.90 Å². The first-order valence-electron chi connectivity index (χ1n) is 4.95. The van der Waals surface area contributed by atoms with Gasteiger partial charge in [-0.1, -0.05) is 13.8 Å². The van der Waals surface area contributed by atoms with E-state index in [4.69, 9.17) is 9.84 Å². The number of amides is 1. The lowest BCUT2D eigenvalue weighted by Crippen LogP contribution is -2.38. The third-order valence-electron chi connectivity index (χ3n) is 1.80. The molecule has 0 spiro atoms. The lowest BCUT2D eigenvalue weighted by Gasteiger charge is -2.23. The Morgan fingerprint density at radius 3 is 2.40 bits per heavy atom. The van der Waals surface area contributed by atoms with Crippen molar-refractivity contribution < 1.29 is 19.4 Å². The number of aliphatic carboxylic acids is 1. The number of carbonyl (C=O) groups is 2. The van der Waals surface area contributed by atoms with Crippen LogP contribution in [-0.4, -0.2) is 48.7 Å². The Labute approximate surface area is 90.0 Å². The summed E-state index contributed by atoms with van der Waals surface area (Å²) in [6.45, 7) is 4.78. The van der Waals surface area contributed by atoms with Crippen LogP contribution >= 0.6 is 0 Å². The van der Waals surface area contributed by atoms with Gasteiger partial charge in [0.2, 0.25) is 5.91 Å². The fourth-order valence-electron chi connectivity index (χ4n) is 1.20. The van der Waals surface area contributed by atoms with Gasteiger partial charge in [-0.15, -0.1) is 0 Å². The zero-order chi connectivity index (χ0) is 11.8. The molecule has 0 aromatic heterocycles. The van der Waals surface area contributed by atoms with E-state index in [1.165, 1.54) is 12.0 Å². The standard InChI is InChI=1S/C10H19NO4/c1-8(2)6-11(5-4-10(13)14)9(12)7-15-3/h8H,4-7H2,1-3H3,(H,13,14). The number of nitrogens with zero attached hydrogens (tertiary/aromatic N) is 1. The number of hydrogen-bond acceptors (Lipinski definition) is 3. The number of carboxylic acid groups (broad SMARTS) is 1. The predicted molar refractivity (Wildman–Crippen MR) is 55.5 cm³/mol. The number of ether oxygens (including phenoxy) is 1. The van der Waals surface area contributed by atoms with Gasteiger partial charge in [0.05, 0.1) is 6.42 Å². The molecular formula is C10H19NO4. The summed E-state index contributed by atoms with van der Waals surface area (Å²) in [4.78, 5) is 23.4. The molecule has 0 aliphatic rings. The van der Waals surface area contributed by atoms with Crippen molar-refractivity contribution >= 4 is 11.9 Å². The first kappa shape index (κ1) is 13.9. The van der Waals surface area contributed by atoms with Crippen molar-refractivity contribution in [2.24, 2.45) is 5.92 Å². The molecule has 0 atom stereocenters. The SMILES string of the molecule is COCC(=O)N(CCC(=O)O)CC(C)C. The van der Waals surface area contributed by atoms with Gasteiger partial charge < -0.3 is 14.7 Å². The summed E-state index contributed by atoms with van der Waals surface area (Å²) < 4.78 is 4.73. The minimum absolute atomic E-state index is 0.00629. The van der Waals surface area contributed by atoms with Crippen LogP contribution in [0.15, 0.2) is 0 Å². The fourth-order valence-corrected chi connectivity index (χ4v) is 1.20. The Bertz CT molecular complexity index is 215. The molecule has 88 valence electrons. The van der Waals surface area contributed by atoms with Gasteiger partial charge >= 0.3 is 5.97 Å². The van der Waals surface area contributed by atoms with Gasteiger partial charge in [-0.05, 0) is 5.92 Å². The lowest BCUT2D eigenvalue weighted by atomic mass is 10.2. The highest BCUT2D eigenvalue weighted by molar-refractivity contribution is 5.78. The third kappa shape index (κ3) is 6.90. The van der Waals surface area contributed by atoms with Crippen LogP contribution in [0.1, 0.15) is 20.3 Å². The maximum atomic E-state index is 11.5. The molecule has 0 saturated carbocycles. The number of carboxylic acids is 1. The highest BCUT2D eigenvalue weighted by atomic mass is 16.5. The topological polar surface area (TPSA) is 66.8 Å². The van der Waals surface area contributed by atoms with Crippen LogP contribution in [0.2, 0.25) is 0 Å². The molecule has 5 heteroatoms. The van der Waals surface area contributed by atoms with E-state index in [1.54, 1.807) is 0 Å². The van der Waals surface area contributed by atoms with Crippen molar-refractivity contribution in [3.05, 3.63) is 0 Å². The highest BCUT2D eigenvalue weighted by Crippen LogP contribution is 2.01. The van der Waals surface area contributed by atoms with Crippen LogP contribution in [0.25, 0.3) is 0 Å². The average molecular weight is 217 g/mol. The molecule has 1 N–H and O–H groups in total. The van der Waals surface area contributed by atoms with Crippen LogP contribution in [0.4, 0.5) is 0 Å². The molecule has 5 nitrogen and oxygen atoms in total. The summed E-state index contributed by atoms with van der Waals surface area (Å²) >= 11 is 0.